The molecule has 1 saturated heterocycles. The maximum absolute atomic E-state index is 10.5. The van der Waals surface area contributed by atoms with Crippen LogP contribution in [0.25, 0.3) is 0 Å². The fourth-order valence-corrected chi connectivity index (χ4v) is 5.66. The lowest BCUT2D eigenvalue weighted by atomic mass is 9.88. The van der Waals surface area contributed by atoms with Gasteiger partial charge in [0.1, 0.15) is 0 Å². The Bertz CT molecular complexity index is 692. The van der Waals surface area contributed by atoms with Crippen LogP contribution in [0.15, 0.2) is 54.1 Å². The van der Waals surface area contributed by atoms with E-state index >= 15 is 0 Å². The molecule has 3 aliphatic rings. The molecule has 5 atom stereocenters. The third-order valence-corrected chi connectivity index (χ3v) is 7.28. The highest BCUT2D eigenvalue weighted by atomic mass is 16.3. The molecule has 1 aliphatic heterocycles. The number of likely N-dealkylation sites (tertiary alicyclic amines) is 1. The first-order valence-electron chi connectivity index (χ1n) is 11.7. The van der Waals surface area contributed by atoms with Gasteiger partial charge in [0.25, 0.3) is 0 Å². The summed E-state index contributed by atoms with van der Waals surface area (Å²) in [5.74, 6) is 1.21. The van der Waals surface area contributed by atoms with E-state index in [9.17, 15) is 10.2 Å². The second-order valence-electron chi connectivity index (χ2n) is 9.34. The van der Waals surface area contributed by atoms with Crippen LogP contribution in [0.2, 0.25) is 0 Å². The zero-order chi connectivity index (χ0) is 20.1. The van der Waals surface area contributed by atoms with Crippen molar-refractivity contribution in [3.05, 3.63) is 59.7 Å². The lowest BCUT2D eigenvalue weighted by Gasteiger charge is -2.19. The Morgan fingerprint density at radius 3 is 2.66 bits per heavy atom. The molecule has 0 radical (unpaired) electrons. The monoisotopic (exact) mass is 395 g/mol. The summed E-state index contributed by atoms with van der Waals surface area (Å²) in [6, 6.07) is 9.75. The second kappa shape index (κ2) is 10.1. The average Bonchev–Trinajstić information content (AvgIpc) is 3.44. The van der Waals surface area contributed by atoms with E-state index in [4.69, 9.17) is 0 Å². The summed E-state index contributed by atoms with van der Waals surface area (Å²) in [4.78, 5) is 2.61. The molecule has 0 unspecified atom stereocenters. The predicted molar refractivity (Wildman–Crippen MR) is 118 cm³/mol. The summed E-state index contributed by atoms with van der Waals surface area (Å²) < 4.78 is 0. The van der Waals surface area contributed by atoms with Crippen molar-refractivity contribution in [2.24, 2.45) is 17.8 Å². The summed E-state index contributed by atoms with van der Waals surface area (Å²) in [7, 11) is 0. The van der Waals surface area contributed by atoms with Crippen molar-refractivity contribution in [1.82, 2.24) is 4.90 Å². The number of nitrogens with zero attached hydrogens (tertiary/aromatic N) is 1. The van der Waals surface area contributed by atoms with E-state index in [0.29, 0.717) is 11.8 Å². The van der Waals surface area contributed by atoms with Crippen LogP contribution in [0.4, 0.5) is 0 Å². The van der Waals surface area contributed by atoms with E-state index in [0.717, 1.165) is 18.4 Å². The van der Waals surface area contributed by atoms with Crippen molar-refractivity contribution in [3.63, 3.8) is 0 Å². The smallest absolute Gasteiger partial charge is 0.0971 e. The Kier molecular flexibility index (Phi) is 7.23. The maximum Gasteiger partial charge on any atom is 0.0971 e. The lowest BCUT2D eigenvalue weighted by molar-refractivity contribution is 0.140. The fourth-order valence-electron chi connectivity index (χ4n) is 5.66. The molecule has 29 heavy (non-hydrogen) atoms. The van der Waals surface area contributed by atoms with Gasteiger partial charge in [-0.3, -0.25) is 0 Å². The van der Waals surface area contributed by atoms with Crippen molar-refractivity contribution >= 4 is 0 Å². The van der Waals surface area contributed by atoms with Crippen LogP contribution in [0, 0.1) is 17.8 Å². The maximum atomic E-state index is 10.5. The minimum atomic E-state index is -0.591. The largest absolute Gasteiger partial charge is 0.392 e. The molecule has 1 heterocycles. The molecule has 0 amide bonds. The number of unbranched alkanes of at least 4 members (excludes halogenated alkanes) is 2. The first kappa shape index (κ1) is 20.8. The minimum absolute atomic E-state index is 0.169. The molecular weight excluding hydrogens is 358 g/mol. The zero-order valence-corrected chi connectivity index (χ0v) is 17.6. The van der Waals surface area contributed by atoms with Gasteiger partial charge in [0.15, 0.2) is 0 Å². The van der Waals surface area contributed by atoms with Crippen molar-refractivity contribution in [2.75, 3.05) is 19.6 Å². The Hall–Kier alpha value is -1.42. The van der Waals surface area contributed by atoms with Gasteiger partial charge in [0.05, 0.1) is 12.2 Å². The van der Waals surface area contributed by atoms with Gasteiger partial charge in [-0.15, -0.1) is 0 Å². The number of allylic oxidation sites excluding steroid dienone is 2. The molecule has 2 N–H and O–H groups in total. The molecular formula is C26H37NO2. The van der Waals surface area contributed by atoms with E-state index in [-0.39, 0.29) is 12.0 Å². The molecule has 0 aromatic heterocycles. The quantitative estimate of drug-likeness (QED) is 0.463. The average molecular weight is 396 g/mol. The van der Waals surface area contributed by atoms with Crippen LogP contribution >= 0.6 is 0 Å². The Morgan fingerprint density at radius 1 is 1.07 bits per heavy atom. The summed E-state index contributed by atoms with van der Waals surface area (Å²) in [6.07, 6.45) is 15.5. The molecule has 0 bridgehead atoms. The first-order chi connectivity index (χ1) is 14.2. The molecule has 1 aromatic rings. The van der Waals surface area contributed by atoms with Gasteiger partial charge in [-0.2, -0.15) is 0 Å². The van der Waals surface area contributed by atoms with Crippen molar-refractivity contribution < 1.29 is 10.2 Å². The lowest BCUT2D eigenvalue weighted by Crippen LogP contribution is -2.20. The number of hydrogen-bond acceptors (Lipinski definition) is 3. The Morgan fingerprint density at radius 2 is 1.86 bits per heavy atom. The fraction of sp³-hybridized carbons (Fsp3) is 0.615. The molecule has 1 saturated carbocycles. The summed E-state index contributed by atoms with van der Waals surface area (Å²) >= 11 is 0. The molecule has 2 fully saturated rings. The molecule has 3 nitrogen and oxygen atoms in total. The number of hydrogen-bond donors (Lipinski definition) is 2. The zero-order valence-electron chi connectivity index (χ0n) is 17.6. The normalized spacial score (nSPS) is 30.8. The topological polar surface area (TPSA) is 43.7 Å². The minimum Gasteiger partial charge on any atom is -0.392 e. The van der Waals surface area contributed by atoms with Gasteiger partial charge in [-0.05, 0) is 82.0 Å². The highest BCUT2D eigenvalue weighted by Gasteiger charge is 2.43. The number of aliphatic hydroxyl groups excluding tert-OH is 2. The number of aliphatic hydroxyl groups is 2. The third-order valence-electron chi connectivity index (χ3n) is 7.28. The molecule has 0 spiro atoms. The van der Waals surface area contributed by atoms with Crippen LogP contribution in [0.3, 0.4) is 0 Å². The summed E-state index contributed by atoms with van der Waals surface area (Å²) in [6.45, 7) is 3.91. The van der Waals surface area contributed by atoms with Gasteiger partial charge < -0.3 is 15.1 Å². The van der Waals surface area contributed by atoms with Crippen LogP contribution in [0.1, 0.15) is 63.0 Å². The van der Waals surface area contributed by atoms with E-state index in [1.807, 2.05) is 36.4 Å². The SMILES string of the molecule is O[C@H](/C=C/[C@@H]1[C@H]2CC(CCCCCN3CCCC3)=C[C@H]2C[C@H]1O)c1ccccc1. The third kappa shape index (κ3) is 5.39. The van der Waals surface area contributed by atoms with Crippen LogP contribution in [0.5, 0.6) is 0 Å². The molecule has 4 rings (SSSR count). The van der Waals surface area contributed by atoms with Gasteiger partial charge in [-0.1, -0.05) is 60.6 Å². The number of benzene rings is 1. The van der Waals surface area contributed by atoms with E-state index in [2.05, 4.69) is 17.1 Å². The van der Waals surface area contributed by atoms with Gasteiger partial charge in [0.2, 0.25) is 0 Å². The van der Waals surface area contributed by atoms with E-state index in [1.54, 1.807) is 5.57 Å². The van der Waals surface area contributed by atoms with Crippen LogP contribution < -0.4 is 0 Å². The standard InChI is InChI=1S/C26H37NO2/c28-25(21-10-4-1-5-11-21)13-12-23-24-18-20(17-22(24)19-26(23)29)9-3-2-6-14-27-15-7-8-16-27/h1,4-5,10-13,17,22-26,28-29H,2-3,6-9,14-16,18-19H2/b13-12+/t22-,23+,24-,25+,26+/m0/s1. The Balaban J connectivity index is 1.22. The van der Waals surface area contributed by atoms with E-state index < -0.39 is 6.10 Å². The highest BCUT2D eigenvalue weighted by molar-refractivity contribution is 5.24. The van der Waals surface area contributed by atoms with Gasteiger partial charge in [0, 0.05) is 5.92 Å². The van der Waals surface area contributed by atoms with Crippen molar-refractivity contribution in [2.45, 2.75) is 63.6 Å². The molecule has 1 aromatic carbocycles. The van der Waals surface area contributed by atoms with Crippen LogP contribution in [-0.2, 0) is 0 Å². The predicted octanol–water partition coefficient (Wildman–Crippen LogP) is 4.88. The van der Waals surface area contributed by atoms with Crippen LogP contribution in [-0.4, -0.2) is 40.9 Å². The highest BCUT2D eigenvalue weighted by Crippen LogP contribution is 2.48. The van der Waals surface area contributed by atoms with Crippen molar-refractivity contribution in [3.8, 4) is 0 Å². The second-order valence-corrected chi connectivity index (χ2v) is 9.34. The van der Waals surface area contributed by atoms with Crippen molar-refractivity contribution in [1.29, 1.82) is 0 Å². The summed E-state index contributed by atoms with van der Waals surface area (Å²) in [5, 5.41) is 21.0. The Labute approximate surface area is 176 Å². The molecule has 2 aliphatic carbocycles. The first-order valence-corrected chi connectivity index (χ1v) is 11.7. The number of fused-ring (bicyclic) bond motifs is 1. The van der Waals surface area contributed by atoms with Gasteiger partial charge >= 0.3 is 0 Å². The number of rotatable bonds is 9. The molecule has 158 valence electrons. The van der Waals surface area contributed by atoms with E-state index in [1.165, 1.54) is 58.2 Å². The molecule has 3 heteroatoms. The summed E-state index contributed by atoms with van der Waals surface area (Å²) in [5.41, 5.74) is 2.52. The van der Waals surface area contributed by atoms with Gasteiger partial charge in [-0.25, -0.2) is 0 Å².